The highest BCUT2D eigenvalue weighted by atomic mass is 32.2. The van der Waals surface area contributed by atoms with E-state index >= 15 is 0 Å². The van der Waals surface area contributed by atoms with E-state index < -0.39 is 0 Å². The quantitative estimate of drug-likeness (QED) is 0.288. The van der Waals surface area contributed by atoms with Crippen LogP contribution >= 0.6 is 11.8 Å². The molecule has 1 rings (SSSR count). The minimum absolute atomic E-state index is 0.142. The summed E-state index contributed by atoms with van der Waals surface area (Å²) < 4.78 is 0. The molecule has 0 heterocycles. The van der Waals surface area contributed by atoms with E-state index in [0.29, 0.717) is 0 Å². The number of hydrogen-bond donors (Lipinski definition) is 1. The van der Waals surface area contributed by atoms with Crippen molar-refractivity contribution in [1.82, 2.24) is 0 Å². The lowest BCUT2D eigenvalue weighted by Gasteiger charge is -2.06. The lowest BCUT2D eigenvalue weighted by atomic mass is 10.0. The molecular weight excluding hydrogens is 300 g/mol. The Morgan fingerprint density at radius 2 is 1.30 bits per heavy atom. The predicted octanol–water partition coefficient (Wildman–Crippen LogP) is 6.59. The molecule has 1 nitrogen and oxygen atoms in total. The Bertz CT molecular complexity index is 352. The van der Waals surface area contributed by atoms with Crippen LogP contribution in [0, 0.1) is 0 Å². The standard InChI is InChI=1S/C21H36OS/c1-2-21(22)23-19-15-10-8-6-4-3-5-7-9-12-16-20-17-13-11-14-18-20/h11,13-14,17-18,21-22H,2-10,12,15-16,19H2,1H3. The van der Waals surface area contributed by atoms with Gasteiger partial charge in [-0.15, -0.1) is 11.8 Å². The van der Waals surface area contributed by atoms with Crippen LogP contribution in [0.1, 0.15) is 83.1 Å². The van der Waals surface area contributed by atoms with E-state index in [4.69, 9.17) is 0 Å². The highest BCUT2D eigenvalue weighted by Gasteiger charge is 1.99. The van der Waals surface area contributed by atoms with Crippen molar-refractivity contribution in [2.24, 2.45) is 0 Å². The summed E-state index contributed by atoms with van der Waals surface area (Å²) in [5.74, 6) is 1.12. The van der Waals surface area contributed by atoms with Crippen LogP contribution in [0.2, 0.25) is 0 Å². The number of hydrogen-bond acceptors (Lipinski definition) is 2. The normalized spacial score (nSPS) is 12.4. The van der Waals surface area contributed by atoms with Crippen molar-refractivity contribution in [2.75, 3.05) is 5.75 Å². The van der Waals surface area contributed by atoms with E-state index in [2.05, 4.69) is 30.3 Å². The fourth-order valence-corrected chi connectivity index (χ4v) is 3.71. The number of benzene rings is 1. The maximum Gasteiger partial charge on any atom is 0.0990 e. The molecule has 2 heteroatoms. The minimum atomic E-state index is -0.142. The first-order chi connectivity index (χ1) is 11.3. The van der Waals surface area contributed by atoms with Gasteiger partial charge in [0.2, 0.25) is 0 Å². The molecule has 1 atom stereocenters. The van der Waals surface area contributed by atoms with Crippen LogP contribution in [0.25, 0.3) is 0 Å². The first kappa shape index (κ1) is 20.6. The van der Waals surface area contributed by atoms with Gasteiger partial charge in [-0.3, -0.25) is 0 Å². The number of aryl methyl sites for hydroxylation is 1. The zero-order chi connectivity index (χ0) is 16.6. The van der Waals surface area contributed by atoms with Crippen LogP contribution in [0.5, 0.6) is 0 Å². The highest BCUT2D eigenvalue weighted by molar-refractivity contribution is 7.99. The van der Waals surface area contributed by atoms with Crippen molar-refractivity contribution in [1.29, 1.82) is 0 Å². The molecule has 1 aromatic carbocycles. The topological polar surface area (TPSA) is 20.2 Å². The summed E-state index contributed by atoms with van der Waals surface area (Å²) in [4.78, 5) is 0. The van der Waals surface area contributed by atoms with Gasteiger partial charge in [0.15, 0.2) is 0 Å². The summed E-state index contributed by atoms with van der Waals surface area (Å²) in [6.45, 7) is 2.04. The maximum atomic E-state index is 9.45. The molecule has 0 spiro atoms. The van der Waals surface area contributed by atoms with Crippen molar-refractivity contribution in [3.8, 4) is 0 Å². The summed E-state index contributed by atoms with van der Waals surface area (Å²) >= 11 is 1.71. The van der Waals surface area contributed by atoms with E-state index in [-0.39, 0.29) is 5.44 Å². The molecule has 23 heavy (non-hydrogen) atoms. The molecule has 0 amide bonds. The first-order valence-corrected chi connectivity index (χ1v) is 10.7. The average molecular weight is 337 g/mol. The summed E-state index contributed by atoms with van der Waals surface area (Å²) in [6.07, 6.45) is 15.8. The smallest absolute Gasteiger partial charge is 0.0990 e. The highest BCUT2D eigenvalue weighted by Crippen LogP contribution is 2.16. The lowest BCUT2D eigenvalue weighted by molar-refractivity contribution is 0.259. The van der Waals surface area contributed by atoms with Gasteiger partial charge in [-0.1, -0.05) is 88.6 Å². The van der Waals surface area contributed by atoms with Crippen molar-refractivity contribution < 1.29 is 5.11 Å². The summed E-state index contributed by atoms with van der Waals surface area (Å²) in [5.41, 5.74) is 1.34. The third-order valence-corrected chi connectivity index (χ3v) is 5.60. The van der Waals surface area contributed by atoms with Crippen LogP contribution in [-0.4, -0.2) is 16.3 Å². The van der Waals surface area contributed by atoms with Gasteiger partial charge in [0.25, 0.3) is 0 Å². The first-order valence-electron chi connectivity index (χ1n) is 9.66. The third kappa shape index (κ3) is 12.6. The van der Waals surface area contributed by atoms with Crippen LogP contribution < -0.4 is 0 Å². The van der Waals surface area contributed by atoms with Gasteiger partial charge in [0.1, 0.15) is 0 Å². The molecule has 0 fully saturated rings. The molecule has 1 aromatic rings. The summed E-state index contributed by atoms with van der Waals surface area (Å²) in [6, 6.07) is 10.8. The summed E-state index contributed by atoms with van der Waals surface area (Å²) in [5, 5.41) is 9.45. The molecule has 0 aliphatic carbocycles. The molecule has 132 valence electrons. The molecule has 1 N–H and O–H groups in total. The van der Waals surface area contributed by atoms with Crippen molar-refractivity contribution in [3.63, 3.8) is 0 Å². The number of aliphatic hydroxyl groups excluding tert-OH is 1. The SMILES string of the molecule is CCC(O)SCCCCCCCCCCCCc1ccccc1. The Kier molecular flexibility index (Phi) is 13.5. The van der Waals surface area contributed by atoms with Crippen LogP contribution in [0.15, 0.2) is 30.3 Å². The maximum absolute atomic E-state index is 9.45. The molecule has 0 aliphatic heterocycles. The van der Waals surface area contributed by atoms with E-state index in [0.717, 1.165) is 12.2 Å². The number of rotatable bonds is 15. The van der Waals surface area contributed by atoms with E-state index in [1.54, 1.807) is 11.8 Å². The Labute approximate surface area is 148 Å². The molecule has 0 saturated heterocycles. The Balaban J connectivity index is 1.75. The van der Waals surface area contributed by atoms with Gasteiger partial charge in [-0.25, -0.2) is 0 Å². The molecule has 0 bridgehead atoms. The second-order valence-corrected chi connectivity index (χ2v) is 7.79. The second kappa shape index (κ2) is 15.1. The average Bonchev–Trinajstić information content (AvgIpc) is 2.59. The van der Waals surface area contributed by atoms with E-state index in [1.165, 1.54) is 76.2 Å². The zero-order valence-corrected chi connectivity index (χ0v) is 15.8. The fourth-order valence-electron chi connectivity index (χ4n) is 2.83. The molecule has 0 aliphatic rings. The number of aliphatic hydroxyl groups is 1. The van der Waals surface area contributed by atoms with Crippen LogP contribution in [-0.2, 0) is 6.42 Å². The molecule has 1 unspecified atom stereocenters. The summed E-state index contributed by atoms with van der Waals surface area (Å²) in [7, 11) is 0. The molecule has 0 aromatic heterocycles. The van der Waals surface area contributed by atoms with Crippen molar-refractivity contribution in [2.45, 2.75) is 89.4 Å². The Morgan fingerprint density at radius 3 is 1.87 bits per heavy atom. The molecule has 0 radical (unpaired) electrons. The van der Waals surface area contributed by atoms with Gasteiger partial charge < -0.3 is 5.11 Å². The monoisotopic (exact) mass is 336 g/mol. The second-order valence-electron chi connectivity index (χ2n) is 6.50. The lowest BCUT2D eigenvalue weighted by Crippen LogP contribution is -1.98. The van der Waals surface area contributed by atoms with Crippen LogP contribution in [0.3, 0.4) is 0 Å². The predicted molar refractivity (Wildman–Crippen MR) is 105 cm³/mol. The fraction of sp³-hybridized carbons (Fsp3) is 0.714. The van der Waals surface area contributed by atoms with Crippen LogP contribution in [0.4, 0.5) is 0 Å². The number of thioether (sulfide) groups is 1. The van der Waals surface area contributed by atoms with Gasteiger partial charge in [-0.05, 0) is 37.0 Å². The van der Waals surface area contributed by atoms with Gasteiger partial charge >= 0.3 is 0 Å². The largest absolute Gasteiger partial charge is 0.382 e. The van der Waals surface area contributed by atoms with Gasteiger partial charge in [0.05, 0.1) is 5.44 Å². The van der Waals surface area contributed by atoms with E-state index in [1.807, 2.05) is 6.92 Å². The van der Waals surface area contributed by atoms with Crippen molar-refractivity contribution >= 4 is 11.8 Å². The zero-order valence-electron chi connectivity index (χ0n) is 15.0. The van der Waals surface area contributed by atoms with Gasteiger partial charge in [0, 0.05) is 0 Å². The Morgan fingerprint density at radius 1 is 0.783 bits per heavy atom. The van der Waals surface area contributed by atoms with Crippen molar-refractivity contribution in [3.05, 3.63) is 35.9 Å². The molecule has 0 saturated carbocycles. The number of unbranched alkanes of at least 4 members (excludes halogenated alkanes) is 9. The Hall–Kier alpha value is -0.470. The molecular formula is C21H36OS. The van der Waals surface area contributed by atoms with Gasteiger partial charge in [-0.2, -0.15) is 0 Å². The van der Waals surface area contributed by atoms with E-state index in [9.17, 15) is 5.11 Å². The third-order valence-electron chi connectivity index (χ3n) is 4.36. The minimum Gasteiger partial charge on any atom is -0.382 e.